The van der Waals surface area contributed by atoms with Crippen LogP contribution < -0.4 is 5.32 Å². The summed E-state index contributed by atoms with van der Waals surface area (Å²) < 4.78 is 6.99. The quantitative estimate of drug-likeness (QED) is 0.358. The number of likely N-dealkylation sites (N-methyl/N-ethyl adjacent to an activating group) is 1. The first-order valence-electron chi connectivity index (χ1n) is 8.83. The molecular weight excluding hydrogens is 431 g/mol. The fourth-order valence-corrected chi connectivity index (χ4v) is 2.99. The maximum absolute atomic E-state index is 5.11. The number of aryl methyl sites for hydroxylation is 1. The van der Waals surface area contributed by atoms with Gasteiger partial charge in [0.25, 0.3) is 0 Å². The number of nitrogens with zero attached hydrogens (tertiary/aromatic N) is 5. The Balaban J connectivity index is 0.00000312. The van der Waals surface area contributed by atoms with E-state index in [1.807, 2.05) is 17.9 Å². The Bertz CT molecular complexity index is 521. The summed E-state index contributed by atoms with van der Waals surface area (Å²) in [6.45, 7) is 8.52. The number of likely N-dealkylation sites (tertiary alicyclic amines) is 1. The summed E-state index contributed by atoms with van der Waals surface area (Å²) in [6.07, 6.45) is 5.27. The van der Waals surface area contributed by atoms with Crippen molar-refractivity contribution < 1.29 is 4.74 Å². The van der Waals surface area contributed by atoms with Crippen LogP contribution in [0.1, 0.15) is 24.8 Å². The summed E-state index contributed by atoms with van der Waals surface area (Å²) in [7, 11) is 5.82. The second kappa shape index (κ2) is 11.7. The topological polar surface area (TPSA) is 57.9 Å². The average molecular weight is 464 g/mol. The number of aliphatic imine (C=N–C) groups is 1. The average Bonchev–Trinajstić information content (AvgIpc) is 3.21. The summed E-state index contributed by atoms with van der Waals surface area (Å²) in [6, 6.07) is 0. The fourth-order valence-electron chi connectivity index (χ4n) is 2.99. The van der Waals surface area contributed by atoms with Gasteiger partial charge in [0, 0.05) is 59.0 Å². The molecule has 0 amide bonds. The van der Waals surface area contributed by atoms with E-state index in [1.165, 1.54) is 5.56 Å². The third-order valence-corrected chi connectivity index (χ3v) is 4.44. The van der Waals surface area contributed by atoms with Crippen molar-refractivity contribution >= 4 is 29.9 Å². The molecule has 1 saturated heterocycles. The van der Waals surface area contributed by atoms with Crippen molar-refractivity contribution in [2.24, 2.45) is 12.0 Å². The normalized spacial score (nSPS) is 17.9. The molecule has 0 radical (unpaired) electrons. The number of aromatic nitrogens is 2. The van der Waals surface area contributed by atoms with Crippen LogP contribution in [-0.2, 0) is 11.8 Å². The molecule has 0 aromatic carbocycles. The Hall–Kier alpha value is -0.870. The summed E-state index contributed by atoms with van der Waals surface area (Å²) in [4.78, 5) is 9.43. The van der Waals surface area contributed by atoms with E-state index in [2.05, 4.69) is 40.4 Å². The van der Waals surface area contributed by atoms with Crippen LogP contribution in [0.2, 0.25) is 0 Å². The Morgan fingerprint density at radius 2 is 2.28 bits per heavy atom. The lowest BCUT2D eigenvalue weighted by atomic mass is 10.0. The molecule has 1 aliphatic rings. The Kier molecular flexibility index (Phi) is 10.4. The SMILES string of the molecule is CCNC(=NCCN(C)CCOC)N1CCC(c2cnn(C)c2)C1.I. The molecule has 25 heavy (non-hydrogen) atoms. The van der Waals surface area contributed by atoms with Gasteiger partial charge in [0.15, 0.2) is 5.96 Å². The van der Waals surface area contributed by atoms with Crippen molar-refractivity contribution in [2.45, 2.75) is 19.3 Å². The fraction of sp³-hybridized carbons (Fsp3) is 0.765. The zero-order valence-electron chi connectivity index (χ0n) is 15.9. The smallest absolute Gasteiger partial charge is 0.193 e. The van der Waals surface area contributed by atoms with Crippen molar-refractivity contribution in [2.75, 3.05) is 60.0 Å². The van der Waals surface area contributed by atoms with Crippen LogP contribution in [-0.4, -0.2) is 85.6 Å². The lowest BCUT2D eigenvalue weighted by molar-refractivity contribution is 0.163. The maximum atomic E-state index is 5.11. The molecule has 1 fully saturated rings. The standard InChI is InChI=1S/C17H32N6O.HI/c1-5-18-17(19-7-9-21(2)10-11-24-4)23-8-6-15(14-23)16-12-20-22(3)13-16;/h12-13,15H,5-11,14H2,1-4H3,(H,18,19);1H. The lowest BCUT2D eigenvalue weighted by Gasteiger charge is -2.22. The summed E-state index contributed by atoms with van der Waals surface area (Å²) in [5.41, 5.74) is 1.33. The van der Waals surface area contributed by atoms with Crippen LogP contribution >= 0.6 is 24.0 Å². The molecule has 1 aliphatic heterocycles. The van der Waals surface area contributed by atoms with Crippen LogP contribution in [0.15, 0.2) is 17.4 Å². The highest BCUT2D eigenvalue weighted by Crippen LogP contribution is 2.26. The van der Waals surface area contributed by atoms with E-state index in [0.717, 1.165) is 58.3 Å². The van der Waals surface area contributed by atoms with Gasteiger partial charge < -0.3 is 19.9 Å². The van der Waals surface area contributed by atoms with Crippen LogP contribution in [0.3, 0.4) is 0 Å². The minimum absolute atomic E-state index is 0. The Morgan fingerprint density at radius 3 is 2.92 bits per heavy atom. The van der Waals surface area contributed by atoms with Crippen LogP contribution in [0.25, 0.3) is 0 Å². The third-order valence-electron chi connectivity index (χ3n) is 4.44. The molecule has 0 bridgehead atoms. The van der Waals surface area contributed by atoms with Crippen LogP contribution in [0, 0.1) is 0 Å². The predicted octanol–water partition coefficient (Wildman–Crippen LogP) is 1.37. The maximum Gasteiger partial charge on any atom is 0.193 e. The molecule has 0 spiro atoms. The highest BCUT2D eigenvalue weighted by atomic mass is 127. The minimum atomic E-state index is 0. The predicted molar refractivity (Wildman–Crippen MR) is 113 cm³/mol. The van der Waals surface area contributed by atoms with Crippen molar-refractivity contribution in [1.29, 1.82) is 0 Å². The molecule has 1 unspecified atom stereocenters. The molecule has 144 valence electrons. The molecular formula is C17H33IN6O. The van der Waals surface area contributed by atoms with Crippen LogP contribution in [0.5, 0.6) is 0 Å². The molecule has 1 atom stereocenters. The van der Waals surface area contributed by atoms with Gasteiger partial charge in [-0.25, -0.2) is 0 Å². The molecule has 8 heteroatoms. The van der Waals surface area contributed by atoms with Gasteiger partial charge in [-0.2, -0.15) is 5.10 Å². The number of hydrogen-bond donors (Lipinski definition) is 1. The van der Waals surface area contributed by atoms with E-state index in [1.54, 1.807) is 7.11 Å². The van der Waals surface area contributed by atoms with E-state index in [4.69, 9.17) is 9.73 Å². The summed E-state index contributed by atoms with van der Waals surface area (Å²) in [5, 5.41) is 7.73. The molecule has 0 aliphatic carbocycles. The third kappa shape index (κ3) is 7.10. The van der Waals surface area contributed by atoms with Crippen molar-refractivity contribution in [3.63, 3.8) is 0 Å². The van der Waals surface area contributed by atoms with E-state index in [9.17, 15) is 0 Å². The zero-order valence-corrected chi connectivity index (χ0v) is 18.3. The second-order valence-electron chi connectivity index (χ2n) is 6.41. The number of ether oxygens (including phenoxy) is 1. The number of nitrogens with one attached hydrogen (secondary N) is 1. The molecule has 2 rings (SSSR count). The van der Waals surface area contributed by atoms with Gasteiger partial charge in [0.2, 0.25) is 0 Å². The number of halogens is 1. The molecule has 0 saturated carbocycles. The first kappa shape index (κ1) is 22.2. The van der Waals surface area contributed by atoms with E-state index < -0.39 is 0 Å². The van der Waals surface area contributed by atoms with Gasteiger partial charge >= 0.3 is 0 Å². The van der Waals surface area contributed by atoms with Gasteiger partial charge in [-0.1, -0.05) is 0 Å². The largest absolute Gasteiger partial charge is 0.383 e. The van der Waals surface area contributed by atoms with E-state index in [-0.39, 0.29) is 24.0 Å². The molecule has 1 N–H and O–H groups in total. The van der Waals surface area contributed by atoms with Gasteiger partial charge in [0.1, 0.15) is 0 Å². The van der Waals surface area contributed by atoms with E-state index >= 15 is 0 Å². The Morgan fingerprint density at radius 1 is 1.48 bits per heavy atom. The lowest BCUT2D eigenvalue weighted by Crippen LogP contribution is -2.40. The van der Waals surface area contributed by atoms with Crippen molar-refractivity contribution in [1.82, 2.24) is 24.9 Å². The van der Waals surface area contributed by atoms with Gasteiger partial charge in [-0.3, -0.25) is 9.67 Å². The summed E-state index contributed by atoms with van der Waals surface area (Å²) >= 11 is 0. The highest BCUT2D eigenvalue weighted by Gasteiger charge is 2.26. The highest BCUT2D eigenvalue weighted by molar-refractivity contribution is 14.0. The minimum Gasteiger partial charge on any atom is -0.383 e. The summed E-state index contributed by atoms with van der Waals surface area (Å²) in [5.74, 6) is 1.58. The Labute approximate surface area is 168 Å². The van der Waals surface area contributed by atoms with E-state index in [0.29, 0.717) is 5.92 Å². The van der Waals surface area contributed by atoms with Gasteiger partial charge in [-0.05, 0) is 26.0 Å². The monoisotopic (exact) mass is 464 g/mol. The molecule has 1 aromatic rings. The first-order chi connectivity index (χ1) is 11.6. The van der Waals surface area contributed by atoms with Gasteiger partial charge in [0.05, 0.1) is 19.3 Å². The molecule has 1 aromatic heterocycles. The van der Waals surface area contributed by atoms with Crippen LogP contribution in [0.4, 0.5) is 0 Å². The molecule has 2 heterocycles. The number of methoxy groups -OCH3 is 1. The zero-order chi connectivity index (χ0) is 17.4. The van der Waals surface area contributed by atoms with Crippen molar-refractivity contribution in [3.05, 3.63) is 18.0 Å². The van der Waals surface area contributed by atoms with Crippen molar-refractivity contribution in [3.8, 4) is 0 Å². The molecule has 7 nitrogen and oxygen atoms in total. The number of hydrogen-bond acceptors (Lipinski definition) is 4. The van der Waals surface area contributed by atoms with Gasteiger partial charge in [-0.15, -0.1) is 24.0 Å². The number of rotatable bonds is 8. The number of guanidine groups is 1. The first-order valence-corrected chi connectivity index (χ1v) is 8.83. The second-order valence-corrected chi connectivity index (χ2v) is 6.41.